The van der Waals surface area contributed by atoms with E-state index in [1.54, 1.807) is 12.4 Å². The monoisotopic (exact) mass is 352 g/mol. The molecule has 0 spiro atoms. The second kappa shape index (κ2) is 10.3. The van der Waals surface area contributed by atoms with Gasteiger partial charge in [0.1, 0.15) is 0 Å². The maximum Gasteiger partial charge on any atom is 0.258 e. The van der Waals surface area contributed by atoms with Crippen LogP contribution in [0.3, 0.4) is 0 Å². The summed E-state index contributed by atoms with van der Waals surface area (Å²) in [6, 6.07) is 12.1. The normalized spacial score (nSPS) is 12.7. The van der Waals surface area contributed by atoms with Gasteiger partial charge in [-0.15, -0.1) is 0 Å². The van der Waals surface area contributed by atoms with E-state index in [0.29, 0.717) is 11.7 Å². The number of hydrogen-bond acceptors (Lipinski definition) is 5. The van der Waals surface area contributed by atoms with Crippen molar-refractivity contribution < 1.29 is 4.52 Å². The predicted molar refractivity (Wildman–Crippen MR) is 107 cm³/mol. The standard InChI is InChI=1S/C17H16N4O.2C2H6/c1-2-12-21(11-1)15-5-3-14(4-6-15)17-19-16(20-22-17)13-7-9-18-10-8-13;2*1-2/h3-10H,1-2,11-12H2;2*1-2H3. The first-order chi connectivity index (χ1) is 12.9. The number of hydrogen-bond donors (Lipinski definition) is 0. The highest BCUT2D eigenvalue weighted by Gasteiger charge is 2.14. The van der Waals surface area contributed by atoms with Crippen molar-refractivity contribution in [2.24, 2.45) is 0 Å². The summed E-state index contributed by atoms with van der Waals surface area (Å²) in [5.74, 6) is 1.13. The van der Waals surface area contributed by atoms with Crippen molar-refractivity contribution in [2.75, 3.05) is 18.0 Å². The number of rotatable bonds is 3. The van der Waals surface area contributed by atoms with Crippen LogP contribution < -0.4 is 4.90 Å². The van der Waals surface area contributed by atoms with Gasteiger partial charge in [0, 0.05) is 42.3 Å². The van der Waals surface area contributed by atoms with Crippen LogP contribution >= 0.6 is 0 Å². The fourth-order valence-electron chi connectivity index (χ4n) is 2.75. The smallest absolute Gasteiger partial charge is 0.258 e. The molecule has 1 saturated heterocycles. The average molecular weight is 352 g/mol. The van der Waals surface area contributed by atoms with Crippen molar-refractivity contribution in [3.05, 3.63) is 48.8 Å². The Bertz CT molecular complexity index is 747. The van der Waals surface area contributed by atoms with Gasteiger partial charge in [0.2, 0.25) is 5.82 Å². The van der Waals surface area contributed by atoms with E-state index in [9.17, 15) is 0 Å². The summed E-state index contributed by atoms with van der Waals surface area (Å²) < 4.78 is 5.38. The van der Waals surface area contributed by atoms with E-state index in [0.717, 1.165) is 24.2 Å². The number of pyridine rings is 1. The zero-order valence-corrected chi connectivity index (χ0v) is 16.1. The maximum absolute atomic E-state index is 5.38. The third kappa shape index (κ3) is 4.69. The summed E-state index contributed by atoms with van der Waals surface area (Å²) >= 11 is 0. The second-order valence-electron chi connectivity index (χ2n) is 5.40. The predicted octanol–water partition coefficient (Wildman–Crippen LogP) is 5.45. The van der Waals surface area contributed by atoms with Gasteiger partial charge in [0.15, 0.2) is 0 Å². The van der Waals surface area contributed by atoms with Gasteiger partial charge in [-0.3, -0.25) is 4.98 Å². The lowest BCUT2D eigenvalue weighted by atomic mass is 10.2. The molecule has 4 rings (SSSR count). The maximum atomic E-state index is 5.38. The molecule has 3 heterocycles. The first-order valence-corrected chi connectivity index (χ1v) is 9.50. The Morgan fingerprint density at radius 3 is 2.04 bits per heavy atom. The highest BCUT2D eigenvalue weighted by Crippen LogP contribution is 2.26. The second-order valence-corrected chi connectivity index (χ2v) is 5.40. The summed E-state index contributed by atoms with van der Waals surface area (Å²) in [4.78, 5) is 10.9. The van der Waals surface area contributed by atoms with E-state index in [-0.39, 0.29) is 0 Å². The van der Waals surface area contributed by atoms with Crippen molar-refractivity contribution in [2.45, 2.75) is 40.5 Å². The topological polar surface area (TPSA) is 55.1 Å². The molecule has 26 heavy (non-hydrogen) atoms. The molecule has 0 saturated carbocycles. The highest BCUT2D eigenvalue weighted by molar-refractivity contribution is 5.62. The van der Waals surface area contributed by atoms with Crippen LogP contribution in [0.25, 0.3) is 22.8 Å². The van der Waals surface area contributed by atoms with Gasteiger partial charge in [-0.2, -0.15) is 4.98 Å². The minimum absolute atomic E-state index is 0.541. The van der Waals surface area contributed by atoms with Crippen molar-refractivity contribution >= 4 is 5.69 Å². The Kier molecular flexibility index (Phi) is 7.80. The van der Waals surface area contributed by atoms with E-state index < -0.39 is 0 Å². The van der Waals surface area contributed by atoms with E-state index in [4.69, 9.17) is 4.52 Å². The molecule has 5 nitrogen and oxygen atoms in total. The summed E-state index contributed by atoms with van der Waals surface area (Å²) in [7, 11) is 0. The molecule has 1 aliphatic rings. The summed E-state index contributed by atoms with van der Waals surface area (Å²) in [5, 5.41) is 4.04. The Morgan fingerprint density at radius 2 is 1.42 bits per heavy atom. The zero-order valence-electron chi connectivity index (χ0n) is 16.1. The van der Waals surface area contributed by atoms with Crippen LogP contribution in [0, 0.1) is 0 Å². The van der Waals surface area contributed by atoms with Gasteiger partial charge in [0.05, 0.1) is 0 Å². The molecule has 138 valence electrons. The minimum Gasteiger partial charge on any atom is -0.372 e. The van der Waals surface area contributed by atoms with Gasteiger partial charge in [-0.25, -0.2) is 0 Å². The molecule has 5 heteroatoms. The molecule has 1 aliphatic heterocycles. The Balaban J connectivity index is 0.000000570. The zero-order chi connectivity index (χ0) is 18.8. The number of aromatic nitrogens is 3. The van der Waals surface area contributed by atoms with Crippen LogP contribution in [0.2, 0.25) is 0 Å². The molecule has 0 bridgehead atoms. The lowest BCUT2D eigenvalue weighted by Gasteiger charge is -2.17. The third-order valence-electron chi connectivity index (χ3n) is 3.95. The first kappa shape index (κ1) is 19.6. The molecular weight excluding hydrogens is 324 g/mol. The quantitative estimate of drug-likeness (QED) is 0.627. The van der Waals surface area contributed by atoms with Gasteiger partial charge in [0.25, 0.3) is 5.89 Å². The largest absolute Gasteiger partial charge is 0.372 e. The molecule has 1 aromatic carbocycles. The molecular formula is C21H28N4O. The fourth-order valence-corrected chi connectivity index (χ4v) is 2.75. The fraction of sp³-hybridized carbons (Fsp3) is 0.381. The highest BCUT2D eigenvalue weighted by atomic mass is 16.5. The van der Waals surface area contributed by atoms with E-state index in [2.05, 4.69) is 32.2 Å². The summed E-state index contributed by atoms with van der Waals surface area (Å²) in [6.07, 6.45) is 5.99. The molecule has 0 atom stereocenters. The first-order valence-electron chi connectivity index (χ1n) is 9.50. The van der Waals surface area contributed by atoms with Crippen LogP contribution in [-0.4, -0.2) is 28.2 Å². The van der Waals surface area contributed by atoms with Crippen LogP contribution in [0.4, 0.5) is 5.69 Å². The molecule has 0 unspecified atom stereocenters. The molecule has 2 aromatic heterocycles. The van der Waals surface area contributed by atoms with Crippen LogP contribution in [-0.2, 0) is 0 Å². The van der Waals surface area contributed by atoms with Crippen molar-refractivity contribution in [3.8, 4) is 22.8 Å². The lowest BCUT2D eigenvalue weighted by molar-refractivity contribution is 0.432. The van der Waals surface area contributed by atoms with Crippen molar-refractivity contribution in [3.63, 3.8) is 0 Å². The van der Waals surface area contributed by atoms with Crippen molar-refractivity contribution in [1.29, 1.82) is 0 Å². The van der Waals surface area contributed by atoms with Crippen LogP contribution in [0.5, 0.6) is 0 Å². The van der Waals surface area contributed by atoms with Gasteiger partial charge < -0.3 is 9.42 Å². The SMILES string of the molecule is CC.CC.c1cc(-c2noc(-c3ccc(N4CCCC4)cc3)n2)ccn1. The number of nitrogens with zero attached hydrogens (tertiary/aromatic N) is 4. The third-order valence-corrected chi connectivity index (χ3v) is 3.95. The van der Waals surface area contributed by atoms with E-state index in [1.165, 1.54) is 18.5 Å². The minimum atomic E-state index is 0.541. The average Bonchev–Trinajstić information content (AvgIpc) is 3.44. The molecule has 0 amide bonds. The molecule has 0 radical (unpaired) electrons. The van der Waals surface area contributed by atoms with Gasteiger partial charge in [-0.1, -0.05) is 32.9 Å². The Morgan fingerprint density at radius 1 is 0.808 bits per heavy atom. The Labute approximate surface area is 156 Å². The molecule has 3 aromatic rings. The van der Waals surface area contributed by atoms with Gasteiger partial charge >= 0.3 is 0 Å². The van der Waals surface area contributed by atoms with E-state index >= 15 is 0 Å². The molecule has 0 N–H and O–H groups in total. The van der Waals surface area contributed by atoms with Crippen molar-refractivity contribution in [1.82, 2.24) is 15.1 Å². The van der Waals surface area contributed by atoms with E-state index in [1.807, 2.05) is 52.0 Å². The Hall–Kier alpha value is -2.69. The summed E-state index contributed by atoms with van der Waals surface area (Å²) in [5.41, 5.74) is 3.10. The number of anilines is 1. The molecule has 1 fully saturated rings. The van der Waals surface area contributed by atoms with Gasteiger partial charge in [-0.05, 0) is 49.2 Å². The summed E-state index contributed by atoms with van der Waals surface area (Å²) in [6.45, 7) is 10.3. The lowest BCUT2D eigenvalue weighted by Crippen LogP contribution is -2.17. The molecule has 0 aliphatic carbocycles. The van der Waals surface area contributed by atoms with Crippen LogP contribution in [0.15, 0.2) is 53.3 Å². The number of benzene rings is 1. The van der Waals surface area contributed by atoms with Crippen LogP contribution in [0.1, 0.15) is 40.5 Å².